The molecule has 1 aromatic carbocycles. The Labute approximate surface area is 89.1 Å². The van der Waals surface area contributed by atoms with E-state index in [1.165, 1.54) is 14.0 Å². The van der Waals surface area contributed by atoms with Crippen LogP contribution >= 0.6 is 0 Å². The van der Waals surface area contributed by atoms with Gasteiger partial charge in [0, 0.05) is 5.56 Å². The molecule has 15 heavy (non-hydrogen) atoms. The molecule has 2 nitrogen and oxygen atoms in total. The molecule has 0 aromatic heterocycles. The minimum atomic E-state index is -2.08. The quantitative estimate of drug-likeness (QED) is 0.701. The highest BCUT2D eigenvalue weighted by molar-refractivity contribution is 5.81. The van der Waals surface area contributed by atoms with E-state index in [1.807, 2.05) is 13.0 Å². The maximum absolute atomic E-state index is 14.2. The topological polar surface area (TPSA) is 26.3 Å². The number of alkyl halides is 1. The Morgan fingerprint density at radius 1 is 1.40 bits per heavy atom. The number of carbonyl (C=O) groups is 1. The molecule has 82 valence electrons. The highest BCUT2D eigenvalue weighted by Crippen LogP contribution is 2.30. The summed E-state index contributed by atoms with van der Waals surface area (Å²) in [5.41, 5.74) is -0.0427. The Morgan fingerprint density at radius 3 is 2.53 bits per heavy atom. The average molecular weight is 210 g/mol. The van der Waals surface area contributed by atoms with Crippen LogP contribution in [0, 0.1) is 13.8 Å². The van der Waals surface area contributed by atoms with Crippen molar-refractivity contribution in [2.75, 3.05) is 7.11 Å². The van der Waals surface area contributed by atoms with E-state index in [-0.39, 0.29) is 0 Å². The zero-order valence-electron chi connectivity index (χ0n) is 9.43. The summed E-state index contributed by atoms with van der Waals surface area (Å²) in [5.74, 6) is -0.865. The molecule has 0 bridgehead atoms. The van der Waals surface area contributed by atoms with Crippen LogP contribution in [0.1, 0.15) is 23.6 Å². The van der Waals surface area contributed by atoms with Crippen LogP contribution in [0.15, 0.2) is 18.2 Å². The van der Waals surface area contributed by atoms with Crippen molar-refractivity contribution >= 4 is 5.97 Å². The summed E-state index contributed by atoms with van der Waals surface area (Å²) in [7, 11) is 1.19. The fraction of sp³-hybridized carbons (Fsp3) is 0.417. The van der Waals surface area contributed by atoms with Gasteiger partial charge in [0.25, 0.3) is 0 Å². The number of methoxy groups -OCH3 is 1. The van der Waals surface area contributed by atoms with Crippen molar-refractivity contribution in [1.82, 2.24) is 0 Å². The standard InChI is InChI=1S/C12H15FO2/c1-8-5-6-9(2)10(7-8)12(3,13)11(14)15-4/h5-7H,1-4H3. The van der Waals surface area contributed by atoms with Gasteiger partial charge < -0.3 is 4.74 Å². The van der Waals surface area contributed by atoms with Crippen LogP contribution in [-0.4, -0.2) is 13.1 Å². The predicted octanol–water partition coefficient (Wildman–Crippen LogP) is 2.66. The summed E-state index contributed by atoms with van der Waals surface area (Å²) in [6.07, 6.45) is 0. The molecule has 0 saturated carbocycles. The van der Waals surface area contributed by atoms with E-state index in [1.54, 1.807) is 19.1 Å². The summed E-state index contributed by atoms with van der Waals surface area (Å²) in [4.78, 5) is 11.3. The zero-order chi connectivity index (χ0) is 11.6. The van der Waals surface area contributed by atoms with Gasteiger partial charge in [-0.15, -0.1) is 0 Å². The zero-order valence-corrected chi connectivity index (χ0v) is 9.43. The van der Waals surface area contributed by atoms with E-state index in [0.717, 1.165) is 11.1 Å². The van der Waals surface area contributed by atoms with E-state index < -0.39 is 11.6 Å². The van der Waals surface area contributed by atoms with Gasteiger partial charge in [-0.05, 0) is 26.3 Å². The van der Waals surface area contributed by atoms with Gasteiger partial charge in [-0.1, -0.05) is 23.8 Å². The number of hydrogen-bond acceptors (Lipinski definition) is 2. The van der Waals surface area contributed by atoms with Crippen LogP contribution in [0.3, 0.4) is 0 Å². The van der Waals surface area contributed by atoms with Crippen molar-refractivity contribution in [2.24, 2.45) is 0 Å². The lowest BCUT2D eigenvalue weighted by atomic mass is 9.92. The highest BCUT2D eigenvalue weighted by atomic mass is 19.1. The fourth-order valence-electron chi connectivity index (χ4n) is 1.54. The van der Waals surface area contributed by atoms with Crippen LogP contribution in [0.5, 0.6) is 0 Å². The monoisotopic (exact) mass is 210 g/mol. The second-order valence-electron chi connectivity index (χ2n) is 3.81. The number of ether oxygens (including phenoxy) is 1. The number of rotatable bonds is 2. The summed E-state index contributed by atoms with van der Waals surface area (Å²) >= 11 is 0. The third kappa shape index (κ3) is 2.17. The molecule has 0 saturated heterocycles. The number of carbonyl (C=O) groups excluding carboxylic acids is 1. The molecule has 1 aromatic rings. The summed E-state index contributed by atoms with van der Waals surface area (Å²) in [6.45, 7) is 4.85. The molecule has 0 amide bonds. The molecular weight excluding hydrogens is 195 g/mol. The molecule has 0 radical (unpaired) electrons. The molecule has 1 rings (SSSR count). The largest absolute Gasteiger partial charge is 0.466 e. The van der Waals surface area contributed by atoms with E-state index in [0.29, 0.717) is 5.56 Å². The molecule has 0 aliphatic carbocycles. The SMILES string of the molecule is COC(=O)C(C)(F)c1cc(C)ccc1C. The van der Waals surface area contributed by atoms with Gasteiger partial charge in [0.15, 0.2) is 0 Å². The summed E-state index contributed by atoms with van der Waals surface area (Å²) < 4.78 is 18.6. The van der Waals surface area contributed by atoms with Crippen LogP contribution in [0.2, 0.25) is 0 Å². The third-order valence-electron chi connectivity index (χ3n) is 2.47. The fourth-order valence-corrected chi connectivity index (χ4v) is 1.54. The molecule has 0 heterocycles. The third-order valence-corrected chi connectivity index (χ3v) is 2.47. The Morgan fingerprint density at radius 2 is 2.00 bits per heavy atom. The normalized spacial score (nSPS) is 14.5. The predicted molar refractivity (Wildman–Crippen MR) is 56.4 cm³/mol. The van der Waals surface area contributed by atoms with Crippen LogP contribution in [0.4, 0.5) is 4.39 Å². The lowest BCUT2D eigenvalue weighted by Gasteiger charge is -2.20. The Bertz CT molecular complexity index is 383. The van der Waals surface area contributed by atoms with Crippen molar-refractivity contribution in [2.45, 2.75) is 26.4 Å². The molecule has 0 aliphatic rings. The first-order valence-corrected chi connectivity index (χ1v) is 4.74. The lowest BCUT2D eigenvalue weighted by Crippen LogP contribution is -2.29. The van der Waals surface area contributed by atoms with Crippen molar-refractivity contribution < 1.29 is 13.9 Å². The number of halogens is 1. The number of esters is 1. The Hall–Kier alpha value is -1.38. The van der Waals surface area contributed by atoms with Gasteiger partial charge in [0.1, 0.15) is 0 Å². The van der Waals surface area contributed by atoms with E-state index in [2.05, 4.69) is 4.74 Å². The van der Waals surface area contributed by atoms with E-state index in [9.17, 15) is 9.18 Å². The van der Waals surface area contributed by atoms with Crippen LogP contribution < -0.4 is 0 Å². The van der Waals surface area contributed by atoms with Crippen molar-refractivity contribution in [3.05, 3.63) is 34.9 Å². The van der Waals surface area contributed by atoms with Gasteiger partial charge >= 0.3 is 5.97 Å². The minimum absolute atomic E-state index is 0.370. The lowest BCUT2D eigenvalue weighted by molar-refractivity contribution is -0.154. The van der Waals surface area contributed by atoms with Gasteiger partial charge in [-0.3, -0.25) is 0 Å². The summed E-state index contributed by atoms with van der Waals surface area (Å²) in [6, 6.07) is 5.35. The first-order chi connectivity index (χ1) is 6.89. The van der Waals surface area contributed by atoms with Crippen molar-refractivity contribution in [1.29, 1.82) is 0 Å². The first kappa shape index (κ1) is 11.7. The molecule has 3 heteroatoms. The van der Waals surface area contributed by atoms with Gasteiger partial charge in [0.05, 0.1) is 7.11 Å². The van der Waals surface area contributed by atoms with Crippen LogP contribution in [0.25, 0.3) is 0 Å². The van der Waals surface area contributed by atoms with Crippen molar-refractivity contribution in [3.8, 4) is 0 Å². The molecule has 1 unspecified atom stereocenters. The number of aryl methyl sites for hydroxylation is 2. The molecule has 0 aliphatic heterocycles. The number of benzene rings is 1. The molecule has 1 atom stereocenters. The van der Waals surface area contributed by atoms with Crippen LogP contribution in [-0.2, 0) is 15.2 Å². The van der Waals surface area contributed by atoms with E-state index >= 15 is 0 Å². The maximum atomic E-state index is 14.2. The molecule has 0 fully saturated rings. The highest BCUT2D eigenvalue weighted by Gasteiger charge is 2.37. The Kier molecular flexibility index (Phi) is 3.12. The first-order valence-electron chi connectivity index (χ1n) is 4.74. The minimum Gasteiger partial charge on any atom is -0.466 e. The van der Waals surface area contributed by atoms with E-state index in [4.69, 9.17) is 0 Å². The average Bonchev–Trinajstić information content (AvgIpc) is 2.20. The van der Waals surface area contributed by atoms with Gasteiger partial charge in [-0.2, -0.15) is 0 Å². The van der Waals surface area contributed by atoms with Gasteiger partial charge in [0.2, 0.25) is 5.67 Å². The maximum Gasteiger partial charge on any atom is 0.348 e. The Balaban J connectivity index is 3.25. The summed E-state index contributed by atoms with van der Waals surface area (Å²) in [5, 5.41) is 0. The smallest absolute Gasteiger partial charge is 0.348 e. The molecule has 0 spiro atoms. The molecule has 0 N–H and O–H groups in total. The van der Waals surface area contributed by atoms with Crippen molar-refractivity contribution in [3.63, 3.8) is 0 Å². The van der Waals surface area contributed by atoms with Gasteiger partial charge in [-0.25, -0.2) is 9.18 Å². The second kappa shape index (κ2) is 4.01. The number of hydrogen-bond donors (Lipinski definition) is 0. The second-order valence-corrected chi connectivity index (χ2v) is 3.81. The molecular formula is C12H15FO2.